The number of rotatable bonds is 6. The molecule has 1 aromatic rings. The number of hydrogen-bond acceptors (Lipinski definition) is 4. The molecule has 1 aliphatic carbocycles. The zero-order valence-electron chi connectivity index (χ0n) is 10.8. The van der Waals surface area contributed by atoms with Gasteiger partial charge in [0, 0.05) is 6.54 Å². The van der Waals surface area contributed by atoms with Gasteiger partial charge < -0.3 is 14.8 Å². The highest BCUT2D eigenvalue weighted by molar-refractivity contribution is 5.82. The lowest BCUT2D eigenvalue weighted by Crippen LogP contribution is -2.28. The first-order valence-corrected chi connectivity index (χ1v) is 6.25. The molecule has 1 fully saturated rings. The van der Waals surface area contributed by atoms with Crippen molar-refractivity contribution in [2.75, 3.05) is 13.7 Å². The van der Waals surface area contributed by atoms with Crippen LogP contribution in [0.25, 0.3) is 0 Å². The van der Waals surface area contributed by atoms with Crippen LogP contribution in [0.1, 0.15) is 18.4 Å². The van der Waals surface area contributed by atoms with Gasteiger partial charge in [0.2, 0.25) is 0 Å². The van der Waals surface area contributed by atoms with Crippen LogP contribution in [0, 0.1) is 5.92 Å². The molecule has 0 aromatic heterocycles. The number of carbonyl (C=O) groups excluding carboxylic acids is 2. The summed E-state index contributed by atoms with van der Waals surface area (Å²) in [5, 5.41) is 2.69. The van der Waals surface area contributed by atoms with Crippen LogP contribution < -0.4 is 10.1 Å². The quantitative estimate of drug-likeness (QED) is 0.785. The van der Waals surface area contributed by atoms with E-state index < -0.39 is 0 Å². The average molecular weight is 263 g/mol. The van der Waals surface area contributed by atoms with Gasteiger partial charge in [-0.25, -0.2) is 0 Å². The number of methoxy groups -OCH3 is 1. The van der Waals surface area contributed by atoms with Crippen LogP contribution in [0.3, 0.4) is 0 Å². The SMILES string of the molecule is COc1cccc(CNC(=O)COC(=O)C2CC2)c1. The Hall–Kier alpha value is -2.04. The molecule has 0 radical (unpaired) electrons. The third kappa shape index (κ3) is 4.28. The summed E-state index contributed by atoms with van der Waals surface area (Å²) in [6.07, 6.45) is 1.76. The smallest absolute Gasteiger partial charge is 0.309 e. The van der Waals surface area contributed by atoms with E-state index in [1.807, 2.05) is 24.3 Å². The lowest BCUT2D eigenvalue weighted by Gasteiger charge is -2.07. The van der Waals surface area contributed by atoms with Gasteiger partial charge in [0.1, 0.15) is 5.75 Å². The third-order valence-corrected chi connectivity index (χ3v) is 2.88. The van der Waals surface area contributed by atoms with Crippen LogP contribution in [0.4, 0.5) is 0 Å². The van der Waals surface area contributed by atoms with E-state index >= 15 is 0 Å². The van der Waals surface area contributed by atoms with Crippen molar-refractivity contribution >= 4 is 11.9 Å². The largest absolute Gasteiger partial charge is 0.497 e. The van der Waals surface area contributed by atoms with Gasteiger partial charge in [-0.1, -0.05) is 12.1 Å². The summed E-state index contributed by atoms with van der Waals surface area (Å²) in [4.78, 5) is 22.7. The molecule has 0 saturated heterocycles. The van der Waals surface area contributed by atoms with Gasteiger partial charge in [0.15, 0.2) is 6.61 Å². The van der Waals surface area contributed by atoms with Crippen molar-refractivity contribution in [3.63, 3.8) is 0 Å². The number of carbonyl (C=O) groups is 2. The van der Waals surface area contributed by atoms with Gasteiger partial charge in [-0.15, -0.1) is 0 Å². The van der Waals surface area contributed by atoms with Crippen LogP contribution in [0.2, 0.25) is 0 Å². The monoisotopic (exact) mass is 263 g/mol. The fourth-order valence-electron chi connectivity index (χ4n) is 1.61. The Labute approximate surface area is 111 Å². The summed E-state index contributed by atoms with van der Waals surface area (Å²) in [5.41, 5.74) is 0.932. The molecular weight excluding hydrogens is 246 g/mol. The summed E-state index contributed by atoms with van der Waals surface area (Å²) in [6.45, 7) is 0.177. The summed E-state index contributed by atoms with van der Waals surface area (Å²) in [6, 6.07) is 7.42. The van der Waals surface area contributed by atoms with E-state index in [-0.39, 0.29) is 24.4 Å². The zero-order valence-corrected chi connectivity index (χ0v) is 10.8. The van der Waals surface area contributed by atoms with Gasteiger partial charge in [-0.2, -0.15) is 0 Å². The Morgan fingerprint density at radius 2 is 2.16 bits per heavy atom. The van der Waals surface area contributed by atoms with Gasteiger partial charge in [-0.05, 0) is 30.5 Å². The van der Waals surface area contributed by atoms with Crippen molar-refractivity contribution in [3.05, 3.63) is 29.8 Å². The van der Waals surface area contributed by atoms with Crippen molar-refractivity contribution in [1.29, 1.82) is 0 Å². The lowest BCUT2D eigenvalue weighted by atomic mass is 10.2. The number of hydrogen-bond donors (Lipinski definition) is 1. The molecule has 0 unspecified atom stereocenters. The van der Waals surface area contributed by atoms with Crippen molar-refractivity contribution < 1.29 is 19.1 Å². The molecule has 0 bridgehead atoms. The molecule has 2 rings (SSSR count). The van der Waals surface area contributed by atoms with Crippen molar-refractivity contribution in [1.82, 2.24) is 5.32 Å². The Balaban J connectivity index is 1.71. The van der Waals surface area contributed by atoms with E-state index in [9.17, 15) is 9.59 Å². The number of nitrogens with one attached hydrogen (secondary N) is 1. The van der Waals surface area contributed by atoms with Crippen molar-refractivity contribution in [2.45, 2.75) is 19.4 Å². The minimum absolute atomic E-state index is 0.0196. The number of benzene rings is 1. The van der Waals surface area contributed by atoms with Gasteiger partial charge in [0.25, 0.3) is 5.91 Å². The molecular formula is C14H17NO4. The van der Waals surface area contributed by atoms with Crippen LogP contribution in [-0.2, 0) is 20.9 Å². The van der Waals surface area contributed by atoms with E-state index in [1.165, 1.54) is 0 Å². The second-order valence-electron chi connectivity index (χ2n) is 4.51. The molecule has 0 atom stereocenters. The maximum absolute atomic E-state index is 11.5. The van der Waals surface area contributed by atoms with Crippen LogP contribution in [0.5, 0.6) is 5.75 Å². The highest BCUT2D eigenvalue weighted by atomic mass is 16.5. The molecule has 1 N–H and O–H groups in total. The molecule has 1 saturated carbocycles. The Bertz CT molecular complexity index is 468. The molecule has 0 aliphatic heterocycles. The Morgan fingerprint density at radius 3 is 2.84 bits per heavy atom. The van der Waals surface area contributed by atoms with Crippen molar-refractivity contribution in [2.24, 2.45) is 5.92 Å². The third-order valence-electron chi connectivity index (χ3n) is 2.88. The first-order valence-electron chi connectivity index (χ1n) is 6.25. The van der Waals surface area contributed by atoms with Crippen LogP contribution in [0.15, 0.2) is 24.3 Å². The zero-order chi connectivity index (χ0) is 13.7. The topological polar surface area (TPSA) is 64.6 Å². The fourth-order valence-corrected chi connectivity index (χ4v) is 1.61. The maximum atomic E-state index is 11.5. The summed E-state index contributed by atoms with van der Waals surface area (Å²) < 4.78 is 9.98. The highest BCUT2D eigenvalue weighted by Gasteiger charge is 2.31. The standard InChI is InChI=1S/C14H17NO4/c1-18-12-4-2-3-10(7-12)8-15-13(16)9-19-14(17)11-5-6-11/h2-4,7,11H,5-6,8-9H2,1H3,(H,15,16). The molecule has 1 aromatic carbocycles. The van der Waals surface area contributed by atoms with E-state index in [4.69, 9.17) is 9.47 Å². The predicted molar refractivity (Wildman–Crippen MR) is 68.5 cm³/mol. The van der Waals surface area contributed by atoms with E-state index in [0.29, 0.717) is 6.54 Å². The van der Waals surface area contributed by atoms with Crippen LogP contribution >= 0.6 is 0 Å². The lowest BCUT2D eigenvalue weighted by molar-refractivity contribution is -0.149. The molecule has 19 heavy (non-hydrogen) atoms. The summed E-state index contributed by atoms with van der Waals surface area (Å²) >= 11 is 0. The van der Waals surface area contributed by atoms with E-state index in [2.05, 4.69) is 5.32 Å². The fraction of sp³-hybridized carbons (Fsp3) is 0.429. The van der Waals surface area contributed by atoms with Crippen molar-refractivity contribution in [3.8, 4) is 5.75 Å². The van der Waals surface area contributed by atoms with E-state index in [0.717, 1.165) is 24.2 Å². The molecule has 102 valence electrons. The second kappa shape index (κ2) is 6.22. The molecule has 1 amide bonds. The Kier molecular flexibility index (Phi) is 4.39. The Morgan fingerprint density at radius 1 is 1.37 bits per heavy atom. The predicted octanol–water partition coefficient (Wildman–Crippen LogP) is 1.26. The normalized spacial score (nSPS) is 13.7. The average Bonchev–Trinajstić information content (AvgIpc) is 3.27. The number of ether oxygens (including phenoxy) is 2. The molecule has 5 nitrogen and oxygen atoms in total. The molecule has 0 spiro atoms. The first kappa shape index (κ1) is 13.4. The van der Waals surface area contributed by atoms with Gasteiger partial charge in [0.05, 0.1) is 13.0 Å². The first-order chi connectivity index (χ1) is 9.19. The number of amides is 1. The molecule has 1 aliphatic rings. The second-order valence-corrected chi connectivity index (χ2v) is 4.51. The maximum Gasteiger partial charge on any atom is 0.309 e. The summed E-state index contributed by atoms with van der Waals surface area (Å²) in [7, 11) is 1.59. The molecule has 5 heteroatoms. The number of esters is 1. The minimum atomic E-state index is -0.295. The minimum Gasteiger partial charge on any atom is -0.497 e. The van der Waals surface area contributed by atoms with Gasteiger partial charge >= 0.3 is 5.97 Å². The van der Waals surface area contributed by atoms with Gasteiger partial charge in [-0.3, -0.25) is 9.59 Å². The highest BCUT2D eigenvalue weighted by Crippen LogP contribution is 2.29. The summed E-state index contributed by atoms with van der Waals surface area (Å²) in [5.74, 6) is 0.200. The van der Waals surface area contributed by atoms with E-state index in [1.54, 1.807) is 7.11 Å². The van der Waals surface area contributed by atoms with Crippen LogP contribution in [-0.4, -0.2) is 25.6 Å². The molecule has 0 heterocycles.